The van der Waals surface area contributed by atoms with Gasteiger partial charge < -0.3 is 14.6 Å². The van der Waals surface area contributed by atoms with Gasteiger partial charge in [-0.2, -0.15) is 0 Å². The predicted octanol–water partition coefficient (Wildman–Crippen LogP) is 5.11. The number of aromatic amines is 1. The smallest absolute Gasteiger partial charge is 0.133 e. The Morgan fingerprint density at radius 1 is 0.971 bits per heavy atom. The topological polar surface area (TPSA) is 66.9 Å². The summed E-state index contributed by atoms with van der Waals surface area (Å²) in [6, 6.07) is 21.3. The molecule has 5 heterocycles. The standard InChI is InChI=1S/C28H23N5O/c1-2-6-23-21(5-1)22-9-12-33(26-15-24(30-17-31-26)20-4-3-11-29-16-20)28(27(22)32-23)19-7-8-25-18(14-19)10-13-34-25/h1-8,11,14-17,28,32H,9-10,12-13H2. The van der Waals surface area contributed by atoms with E-state index in [1.807, 2.05) is 18.3 Å². The molecule has 5 aromatic rings. The summed E-state index contributed by atoms with van der Waals surface area (Å²) in [4.78, 5) is 19.7. The number of hydrogen-bond acceptors (Lipinski definition) is 5. The SMILES string of the molecule is c1cncc(-c2cc(N3CCc4c([nH]c5ccccc45)C3c3ccc4c(c3)CCO4)ncn2)c1. The van der Waals surface area contributed by atoms with Crippen molar-refractivity contribution in [2.45, 2.75) is 18.9 Å². The van der Waals surface area contributed by atoms with E-state index in [9.17, 15) is 0 Å². The van der Waals surface area contributed by atoms with Gasteiger partial charge in [-0.15, -0.1) is 0 Å². The van der Waals surface area contributed by atoms with Gasteiger partial charge in [0.25, 0.3) is 0 Å². The van der Waals surface area contributed by atoms with E-state index in [1.54, 1.807) is 12.5 Å². The van der Waals surface area contributed by atoms with Crippen LogP contribution in [0.5, 0.6) is 5.75 Å². The number of nitrogens with one attached hydrogen (secondary N) is 1. The molecule has 6 heteroatoms. The molecule has 3 aromatic heterocycles. The highest BCUT2D eigenvalue weighted by molar-refractivity contribution is 5.86. The van der Waals surface area contributed by atoms with Crippen LogP contribution < -0.4 is 9.64 Å². The lowest BCUT2D eigenvalue weighted by Gasteiger charge is -2.37. The molecule has 0 aliphatic carbocycles. The molecule has 0 saturated heterocycles. The molecule has 2 aromatic carbocycles. The molecule has 0 bridgehead atoms. The van der Waals surface area contributed by atoms with Gasteiger partial charge in [0.2, 0.25) is 0 Å². The van der Waals surface area contributed by atoms with Crippen molar-refractivity contribution in [1.29, 1.82) is 0 Å². The molecule has 6 nitrogen and oxygen atoms in total. The fourth-order valence-corrected chi connectivity index (χ4v) is 5.39. The largest absolute Gasteiger partial charge is 0.493 e. The second-order valence-corrected chi connectivity index (χ2v) is 8.88. The molecule has 1 atom stereocenters. The van der Waals surface area contributed by atoms with Crippen LogP contribution in [0.15, 0.2) is 79.4 Å². The number of rotatable bonds is 3. The first-order valence-electron chi connectivity index (χ1n) is 11.7. The zero-order chi connectivity index (χ0) is 22.5. The van der Waals surface area contributed by atoms with Gasteiger partial charge >= 0.3 is 0 Å². The van der Waals surface area contributed by atoms with Crippen molar-refractivity contribution in [3.8, 4) is 17.0 Å². The minimum atomic E-state index is 0.0266. The summed E-state index contributed by atoms with van der Waals surface area (Å²) in [6.45, 7) is 1.63. The van der Waals surface area contributed by atoms with Crippen LogP contribution in [0.2, 0.25) is 0 Å². The zero-order valence-electron chi connectivity index (χ0n) is 18.6. The van der Waals surface area contributed by atoms with Crippen LogP contribution in [-0.4, -0.2) is 33.1 Å². The van der Waals surface area contributed by atoms with Crippen molar-refractivity contribution in [3.63, 3.8) is 0 Å². The summed E-state index contributed by atoms with van der Waals surface area (Å²) in [7, 11) is 0. The summed E-state index contributed by atoms with van der Waals surface area (Å²) >= 11 is 0. The van der Waals surface area contributed by atoms with Crippen molar-refractivity contribution < 1.29 is 4.74 Å². The molecule has 0 fully saturated rings. The molecule has 0 saturated carbocycles. The average molecular weight is 446 g/mol. The van der Waals surface area contributed by atoms with Gasteiger partial charge in [-0.3, -0.25) is 4.98 Å². The third-order valence-electron chi connectivity index (χ3n) is 6.97. The monoisotopic (exact) mass is 445 g/mol. The molecule has 166 valence electrons. The van der Waals surface area contributed by atoms with Gasteiger partial charge in [0.1, 0.15) is 17.9 Å². The maximum atomic E-state index is 5.79. The summed E-state index contributed by atoms with van der Waals surface area (Å²) in [5.74, 6) is 1.92. The Balaban J connectivity index is 1.39. The van der Waals surface area contributed by atoms with Crippen LogP contribution in [0.4, 0.5) is 5.82 Å². The Morgan fingerprint density at radius 2 is 1.94 bits per heavy atom. The number of ether oxygens (including phenoxy) is 1. The number of nitrogens with zero attached hydrogens (tertiary/aromatic N) is 4. The van der Waals surface area contributed by atoms with Gasteiger partial charge in [0, 0.05) is 53.6 Å². The quantitative estimate of drug-likeness (QED) is 0.418. The first kappa shape index (κ1) is 19.3. The highest BCUT2D eigenvalue weighted by Gasteiger charge is 2.33. The molecule has 34 heavy (non-hydrogen) atoms. The summed E-state index contributed by atoms with van der Waals surface area (Å²) in [6.07, 6.45) is 7.19. The third-order valence-corrected chi connectivity index (χ3v) is 6.97. The Bertz CT molecular complexity index is 1510. The van der Waals surface area contributed by atoms with Crippen LogP contribution in [0.1, 0.15) is 28.4 Å². The molecule has 2 aliphatic rings. The highest BCUT2D eigenvalue weighted by Crippen LogP contribution is 2.42. The summed E-state index contributed by atoms with van der Waals surface area (Å²) in [5, 5.41) is 1.31. The normalized spacial score (nSPS) is 16.8. The van der Waals surface area contributed by atoms with Crippen molar-refractivity contribution in [1.82, 2.24) is 19.9 Å². The number of pyridine rings is 1. The first-order valence-corrected chi connectivity index (χ1v) is 11.7. The van der Waals surface area contributed by atoms with E-state index < -0.39 is 0 Å². The first-order chi connectivity index (χ1) is 16.8. The molecule has 0 radical (unpaired) electrons. The number of H-pyrrole nitrogens is 1. The molecule has 1 unspecified atom stereocenters. The van der Waals surface area contributed by atoms with E-state index in [-0.39, 0.29) is 6.04 Å². The highest BCUT2D eigenvalue weighted by atomic mass is 16.5. The lowest BCUT2D eigenvalue weighted by atomic mass is 9.91. The number of para-hydroxylation sites is 1. The van der Waals surface area contributed by atoms with Gasteiger partial charge in [0.15, 0.2) is 0 Å². The van der Waals surface area contributed by atoms with Crippen LogP contribution in [0, 0.1) is 0 Å². The number of aromatic nitrogens is 4. The Morgan fingerprint density at radius 3 is 2.88 bits per heavy atom. The summed E-state index contributed by atoms with van der Waals surface area (Å²) < 4.78 is 5.79. The molecular formula is C28H23N5O. The predicted molar refractivity (Wildman–Crippen MR) is 132 cm³/mol. The maximum absolute atomic E-state index is 5.79. The minimum absolute atomic E-state index is 0.0266. The van der Waals surface area contributed by atoms with Crippen LogP contribution in [-0.2, 0) is 12.8 Å². The Kier molecular flexibility index (Phi) is 4.37. The van der Waals surface area contributed by atoms with Gasteiger partial charge in [-0.1, -0.05) is 24.3 Å². The van der Waals surface area contributed by atoms with Crippen molar-refractivity contribution in [2.75, 3.05) is 18.1 Å². The molecular weight excluding hydrogens is 422 g/mol. The molecule has 0 amide bonds. The van der Waals surface area contributed by atoms with Gasteiger partial charge in [-0.25, -0.2) is 9.97 Å². The minimum Gasteiger partial charge on any atom is -0.493 e. The van der Waals surface area contributed by atoms with Gasteiger partial charge in [-0.05, 0) is 53.4 Å². The van der Waals surface area contributed by atoms with E-state index in [1.165, 1.54) is 33.3 Å². The number of anilines is 1. The van der Waals surface area contributed by atoms with Crippen molar-refractivity contribution in [3.05, 3.63) is 102 Å². The van der Waals surface area contributed by atoms with E-state index in [0.717, 1.165) is 48.8 Å². The zero-order valence-corrected chi connectivity index (χ0v) is 18.6. The van der Waals surface area contributed by atoms with Crippen molar-refractivity contribution >= 4 is 16.7 Å². The van der Waals surface area contributed by atoms with E-state index in [4.69, 9.17) is 9.72 Å². The molecule has 2 aliphatic heterocycles. The van der Waals surface area contributed by atoms with E-state index in [2.05, 4.69) is 68.4 Å². The second-order valence-electron chi connectivity index (χ2n) is 8.88. The van der Waals surface area contributed by atoms with Crippen molar-refractivity contribution in [2.24, 2.45) is 0 Å². The Labute approximate surface area is 197 Å². The maximum Gasteiger partial charge on any atom is 0.133 e. The van der Waals surface area contributed by atoms with E-state index in [0.29, 0.717) is 0 Å². The molecule has 7 rings (SSSR count). The Hall–Kier alpha value is -4.19. The molecule has 1 N–H and O–H groups in total. The summed E-state index contributed by atoms with van der Waals surface area (Å²) in [5.41, 5.74) is 8.21. The lowest BCUT2D eigenvalue weighted by Crippen LogP contribution is -2.36. The number of fused-ring (bicyclic) bond motifs is 4. The fourth-order valence-electron chi connectivity index (χ4n) is 5.39. The fraction of sp³-hybridized carbons (Fsp3) is 0.179. The van der Waals surface area contributed by atoms with Crippen LogP contribution in [0.25, 0.3) is 22.2 Å². The van der Waals surface area contributed by atoms with Crippen LogP contribution >= 0.6 is 0 Å². The van der Waals surface area contributed by atoms with Crippen LogP contribution in [0.3, 0.4) is 0 Å². The lowest BCUT2D eigenvalue weighted by molar-refractivity contribution is 0.357. The third kappa shape index (κ3) is 3.06. The van der Waals surface area contributed by atoms with E-state index >= 15 is 0 Å². The average Bonchev–Trinajstić information content (AvgIpc) is 3.53. The van der Waals surface area contributed by atoms with Gasteiger partial charge in [0.05, 0.1) is 18.3 Å². The molecule has 0 spiro atoms. The second kappa shape index (κ2) is 7.70. The number of hydrogen-bond donors (Lipinski definition) is 1. The number of benzene rings is 2.